The zero-order valence-electron chi connectivity index (χ0n) is 10.7. The minimum atomic E-state index is 0.398. The first-order valence-corrected chi connectivity index (χ1v) is 6.95. The predicted octanol–water partition coefficient (Wildman–Crippen LogP) is 4.12. The van der Waals surface area contributed by atoms with Crippen LogP contribution in [0.15, 0.2) is 48.3 Å². The van der Waals surface area contributed by atoms with Gasteiger partial charge >= 0.3 is 0 Å². The van der Waals surface area contributed by atoms with E-state index < -0.39 is 0 Å². The first kappa shape index (κ1) is 13.1. The number of hydrogen-bond donors (Lipinski definition) is 0. The maximum absolute atomic E-state index is 4.38. The van der Waals surface area contributed by atoms with Crippen molar-refractivity contribution < 1.29 is 0 Å². The van der Waals surface area contributed by atoms with Gasteiger partial charge in [0.2, 0.25) is 0 Å². The molecule has 94 valence electrons. The SMILES string of the molecule is C/C(=C\c1cnn(Cc2ccccc2)c1)C(C)Br. The monoisotopic (exact) mass is 304 g/mol. The largest absolute Gasteiger partial charge is 0.268 e. The molecule has 0 amide bonds. The lowest BCUT2D eigenvalue weighted by Gasteiger charge is -2.02. The van der Waals surface area contributed by atoms with Gasteiger partial charge in [0.05, 0.1) is 12.7 Å². The first-order valence-electron chi connectivity index (χ1n) is 6.04. The van der Waals surface area contributed by atoms with Gasteiger partial charge in [-0.05, 0) is 19.4 Å². The molecule has 0 radical (unpaired) electrons. The van der Waals surface area contributed by atoms with Gasteiger partial charge in [-0.1, -0.05) is 57.9 Å². The van der Waals surface area contributed by atoms with Crippen molar-refractivity contribution in [2.75, 3.05) is 0 Å². The Bertz CT molecular complexity index is 526. The highest BCUT2D eigenvalue weighted by Crippen LogP contribution is 2.15. The van der Waals surface area contributed by atoms with Gasteiger partial charge in [0.25, 0.3) is 0 Å². The molecule has 1 unspecified atom stereocenters. The van der Waals surface area contributed by atoms with E-state index in [-0.39, 0.29) is 0 Å². The van der Waals surface area contributed by atoms with Crippen LogP contribution in [-0.4, -0.2) is 14.6 Å². The smallest absolute Gasteiger partial charge is 0.0659 e. The molecule has 0 fully saturated rings. The van der Waals surface area contributed by atoms with Gasteiger partial charge in [-0.3, -0.25) is 4.68 Å². The number of halogens is 1. The minimum Gasteiger partial charge on any atom is -0.268 e. The lowest BCUT2D eigenvalue weighted by atomic mass is 10.2. The van der Waals surface area contributed by atoms with E-state index in [9.17, 15) is 0 Å². The number of rotatable bonds is 4. The van der Waals surface area contributed by atoms with E-state index in [2.05, 4.69) is 71.4 Å². The normalized spacial score (nSPS) is 13.6. The van der Waals surface area contributed by atoms with Gasteiger partial charge in [0.1, 0.15) is 0 Å². The van der Waals surface area contributed by atoms with Crippen molar-refractivity contribution in [2.45, 2.75) is 25.2 Å². The molecular formula is C15H17BrN2. The van der Waals surface area contributed by atoms with Gasteiger partial charge in [0.15, 0.2) is 0 Å². The number of hydrogen-bond acceptors (Lipinski definition) is 1. The zero-order chi connectivity index (χ0) is 13.0. The Labute approximate surface area is 116 Å². The molecule has 1 aromatic carbocycles. The van der Waals surface area contributed by atoms with Crippen LogP contribution in [-0.2, 0) is 6.54 Å². The van der Waals surface area contributed by atoms with Crippen molar-refractivity contribution in [3.05, 3.63) is 59.4 Å². The number of aromatic nitrogens is 2. The van der Waals surface area contributed by atoms with E-state index in [0.717, 1.165) is 12.1 Å². The van der Waals surface area contributed by atoms with Gasteiger partial charge in [-0.15, -0.1) is 0 Å². The summed E-state index contributed by atoms with van der Waals surface area (Å²) >= 11 is 3.56. The molecule has 0 bridgehead atoms. The highest BCUT2D eigenvalue weighted by molar-refractivity contribution is 9.09. The third-order valence-electron chi connectivity index (χ3n) is 2.86. The van der Waals surface area contributed by atoms with Crippen LogP contribution in [0, 0.1) is 0 Å². The van der Waals surface area contributed by atoms with Crippen molar-refractivity contribution in [2.24, 2.45) is 0 Å². The maximum Gasteiger partial charge on any atom is 0.0659 e. The molecule has 0 N–H and O–H groups in total. The molecule has 0 aliphatic rings. The van der Waals surface area contributed by atoms with Crippen LogP contribution < -0.4 is 0 Å². The highest BCUT2D eigenvalue weighted by Gasteiger charge is 2.01. The fourth-order valence-electron chi connectivity index (χ4n) is 1.69. The molecule has 0 aliphatic carbocycles. The second-order valence-electron chi connectivity index (χ2n) is 4.46. The van der Waals surface area contributed by atoms with E-state index in [0.29, 0.717) is 4.83 Å². The Morgan fingerprint density at radius 2 is 2.11 bits per heavy atom. The molecule has 0 aliphatic heterocycles. The number of nitrogens with zero attached hydrogens (tertiary/aromatic N) is 2. The summed E-state index contributed by atoms with van der Waals surface area (Å²) in [5, 5.41) is 4.38. The van der Waals surface area contributed by atoms with Crippen LogP contribution in [0.3, 0.4) is 0 Å². The molecule has 0 saturated carbocycles. The molecule has 2 nitrogen and oxygen atoms in total. The standard InChI is InChI=1S/C15H17BrN2/c1-12(13(2)16)8-15-9-17-18(11-15)10-14-6-4-3-5-7-14/h3-9,11,13H,10H2,1-2H3/b12-8+. The number of benzene rings is 1. The molecule has 2 aromatic rings. The van der Waals surface area contributed by atoms with E-state index in [1.807, 2.05) is 16.9 Å². The Morgan fingerprint density at radius 1 is 1.39 bits per heavy atom. The summed E-state index contributed by atoms with van der Waals surface area (Å²) in [6, 6.07) is 10.4. The average molecular weight is 305 g/mol. The average Bonchev–Trinajstić information content (AvgIpc) is 2.77. The van der Waals surface area contributed by atoms with Crippen LogP contribution >= 0.6 is 15.9 Å². The van der Waals surface area contributed by atoms with Gasteiger partial charge in [-0.25, -0.2) is 0 Å². The van der Waals surface area contributed by atoms with Crippen molar-refractivity contribution in [3.63, 3.8) is 0 Å². The Morgan fingerprint density at radius 3 is 2.78 bits per heavy atom. The molecule has 3 heteroatoms. The highest BCUT2D eigenvalue weighted by atomic mass is 79.9. The van der Waals surface area contributed by atoms with Crippen LogP contribution in [0.5, 0.6) is 0 Å². The second-order valence-corrected chi connectivity index (χ2v) is 5.83. The second kappa shape index (κ2) is 6.01. The van der Waals surface area contributed by atoms with E-state index in [1.165, 1.54) is 11.1 Å². The quantitative estimate of drug-likeness (QED) is 0.777. The molecule has 1 heterocycles. The van der Waals surface area contributed by atoms with Gasteiger partial charge in [-0.2, -0.15) is 5.10 Å². The number of alkyl halides is 1. The maximum atomic E-state index is 4.38. The Kier molecular flexibility index (Phi) is 4.37. The van der Waals surface area contributed by atoms with Gasteiger partial charge < -0.3 is 0 Å². The topological polar surface area (TPSA) is 17.8 Å². The third kappa shape index (κ3) is 3.57. The fourth-order valence-corrected chi connectivity index (χ4v) is 1.82. The lowest BCUT2D eigenvalue weighted by molar-refractivity contribution is 0.687. The molecule has 0 saturated heterocycles. The summed E-state index contributed by atoms with van der Waals surface area (Å²) in [6.45, 7) is 5.06. The van der Waals surface area contributed by atoms with Gasteiger partial charge in [0, 0.05) is 16.6 Å². The summed E-state index contributed by atoms with van der Waals surface area (Å²) < 4.78 is 1.97. The third-order valence-corrected chi connectivity index (χ3v) is 3.58. The van der Waals surface area contributed by atoms with Crippen molar-refractivity contribution in [3.8, 4) is 0 Å². The molecule has 1 atom stereocenters. The first-order chi connectivity index (χ1) is 8.65. The van der Waals surface area contributed by atoms with Crippen LogP contribution in [0.25, 0.3) is 6.08 Å². The predicted molar refractivity (Wildman–Crippen MR) is 79.8 cm³/mol. The summed E-state index contributed by atoms with van der Waals surface area (Å²) in [4.78, 5) is 0.398. The number of allylic oxidation sites excluding steroid dienone is 1. The van der Waals surface area contributed by atoms with E-state index >= 15 is 0 Å². The molecule has 18 heavy (non-hydrogen) atoms. The summed E-state index contributed by atoms with van der Waals surface area (Å²) in [7, 11) is 0. The molecular weight excluding hydrogens is 288 g/mol. The van der Waals surface area contributed by atoms with Crippen LogP contribution in [0.2, 0.25) is 0 Å². The molecule has 2 rings (SSSR count). The Hall–Kier alpha value is -1.35. The molecule has 1 aromatic heterocycles. The Balaban J connectivity index is 2.09. The van der Waals surface area contributed by atoms with Crippen molar-refractivity contribution in [1.82, 2.24) is 9.78 Å². The summed E-state index contributed by atoms with van der Waals surface area (Å²) in [6.07, 6.45) is 6.14. The minimum absolute atomic E-state index is 0.398. The van der Waals surface area contributed by atoms with Crippen molar-refractivity contribution in [1.29, 1.82) is 0 Å². The summed E-state index contributed by atoms with van der Waals surface area (Å²) in [5.41, 5.74) is 3.71. The summed E-state index contributed by atoms with van der Waals surface area (Å²) in [5.74, 6) is 0. The van der Waals surface area contributed by atoms with Crippen LogP contribution in [0.1, 0.15) is 25.0 Å². The van der Waals surface area contributed by atoms with Crippen LogP contribution in [0.4, 0.5) is 0 Å². The molecule has 0 spiro atoms. The lowest BCUT2D eigenvalue weighted by Crippen LogP contribution is -1.99. The van der Waals surface area contributed by atoms with E-state index in [1.54, 1.807) is 0 Å². The van der Waals surface area contributed by atoms with E-state index in [4.69, 9.17) is 0 Å². The zero-order valence-corrected chi connectivity index (χ0v) is 12.3. The van der Waals surface area contributed by atoms with Crippen molar-refractivity contribution >= 4 is 22.0 Å². The fraction of sp³-hybridized carbons (Fsp3) is 0.267.